The van der Waals surface area contributed by atoms with E-state index in [2.05, 4.69) is 61.5 Å². The molecule has 1 aliphatic rings. The van der Waals surface area contributed by atoms with Gasteiger partial charge in [0.25, 0.3) is 0 Å². The molecule has 112 valence electrons. The fourth-order valence-electron chi connectivity index (χ4n) is 2.68. The van der Waals surface area contributed by atoms with Crippen LogP contribution in [-0.2, 0) is 6.54 Å². The monoisotopic (exact) mass is 275 g/mol. The van der Waals surface area contributed by atoms with Crippen LogP contribution in [-0.4, -0.2) is 17.6 Å². The molecule has 3 nitrogen and oxygen atoms in total. The Bertz CT molecular complexity index is 402. The van der Waals surface area contributed by atoms with E-state index >= 15 is 0 Å². The Morgan fingerprint density at radius 1 is 1.15 bits per heavy atom. The standard InChI is InChI=1S/C17H29N3/c1-12(2)16(13(3)4)11-19-17-7-5-6-15(20-17)10-18-14-8-9-14/h5-7,12-14,16,18H,8-11H2,1-4H3,(H,19,20). The van der Waals surface area contributed by atoms with Gasteiger partial charge in [-0.3, -0.25) is 0 Å². The molecule has 20 heavy (non-hydrogen) atoms. The zero-order chi connectivity index (χ0) is 14.5. The summed E-state index contributed by atoms with van der Waals surface area (Å²) in [6, 6.07) is 7.00. The van der Waals surface area contributed by atoms with E-state index in [1.807, 2.05) is 0 Å². The first-order valence-electron chi connectivity index (χ1n) is 7.99. The van der Waals surface area contributed by atoms with Gasteiger partial charge in [0.2, 0.25) is 0 Å². The number of pyridine rings is 1. The Hall–Kier alpha value is -1.09. The van der Waals surface area contributed by atoms with Crippen molar-refractivity contribution in [3.63, 3.8) is 0 Å². The first-order chi connectivity index (χ1) is 9.56. The molecular formula is C17H29N3. The Morgan fingerprint density at radius 2 is 1.85 bits per heavy atom. The molecule has 2 rings (SSSR count). The number of hydrogen-bond acceptors (Lipinski definition) is 3. The average molecular weight is 275 g/mol. The first kappa shape index (κ1) is 15.3. The van der Waals surface area contributed by atoms with Gasteiger partial charge >= 0.3 is 0 Å². The maximum atomic E-state index is 4.69. The van der Waals surface area contributed by atoms with Crippen LogP contribution in [0, 0.1) is 17.8 Å². The molecule has 0 unspecified atom stereocenters. The molecule has 0 bridgehead atoms. The van der Waals surface area contributed by atoms with E-state index in [0.29, 0.717) is 17.8 Å². The van der Waals surface area contributed by atoms with E-state index in [4.69, 9.17) is 0 Å². The van der Waals surface area contributed by atoms with Crippen molar-refractivity contribution in [2.24, 2.45) is 17.8 Å². The van der Waals surface area contributed by atoms with Crippen molar-refractivity contribution in [2.75, 3.05) is 11.9 Å². The molecule has 0 aliphatic heterocycles. The van der Waals surface area contributed by atoms with Crippen molar-refractivity contribution in [3.05, 3.63) is 23.9 Å². The largest absolute Gasteiger partial charge is 0.370 e. The van der Waals surface area contributed by atoms with Crippen LogP contribution in [0.25, 0.3) is 0 Å². The SMILES string of the molecule is CC(C)C(CNc1cccc(CNC2CC2)n1)C(C)C. The maximum absolute atomic E-state index is 4.69. The second-order valence-electron chi connectivity index (χ2n) is 6.70. The quantitative estimate of drug-likeness (QED) is 0.760. The van der Waals surface area contributed by atoms with E-state index in [0.717, 1.165) is 30.6 Å². The van der Waals surface area contributed by atoms with Crippen LogP contribution < -0.4 is 10.6 Å². The summed E-state index contributed by atoms with van der Waals surface area (Å²) in [5, 5.41) is 7.02. The predicted octanol–water partition coefficient (Wildman–Crippen LogP) is 3.67. The van der Waals surface area contributed by atoms with Gasteiger partial charge in [-0.15, -0.1) is 0 Å². The molecule has 0 amide bonds. The van der Waals surface area contributed by atoms with Gasteiger partial charge in [0.05, 0.1) is 5.69 Å². The zero-order valence-electron chi connectivity index (χ0n) is 13.3. The van der Waals surface area contributed by atoms with E-state index in [1.165, 1.54) is 12.8 Å². The molecule has 0 spiro atoms. The van der Waals surface area contributed by atoms with Crippen LogP contribution in [0.4, 0.5) is 5.82 Å². The summed E-state index contributed by atoms with van der Waals surface area (Å²) in [6.07, 6.45) is 2.64. The lowest BCUT2D eigenvalue weighted by molar-refractivity contribution is 0.304. The number of nitrogens with one attached hydrogen (secondary N) is 2. The van der Waals surface area contributed by atoms with Crippen LogP contribution in [0.2, 0.25) is 0 Å². The second-order valence-corrected chi connectivity index (χ2v) is 6.70. The normalized spacial score (nSPS) is 15.3. The first-order valence-corrected chi connectivity index (χ1v) is 7.99. The molecular weight excluding hydrogens is 246 g/mol. The van der Waals surface area contributed by atoms with Crippen LogP contribution in [0.15, 0.2) is 18.2 Å². The summed E-state index contributed by atoms with van der Waals surface area (Å²) in [7, 11) is 0. The molecule has 0 aromatic carbocycles. The van der Waals surface area contributed by atoms with Gasteiger partial charge in [-0.05, 0) is 42.7 Å². The minimum atomic E-state index is 0.685. The Labute approximate surface area is 123 Å². The molecule has 1 aromatic rings. The fourth-order valence-corrected chi connectivity index (χ4v) is 2.68. The summed E-state index contributed by atoms with van der Waals surface area (Å²) in [6.45, 7) is 11.1. The second kappa shape index (κ2) is 7.07. The molecule has 0 atom stereocenters. The van der Waals surface area contributed by atoms with Gasteiger partial charge in [0.1, 0.15) is 5.82 Å². The van der Waals surface area contributed by atoms with Crippen LogP contribution in [0.5, 0.6) is 0 Å². The molecule has 1 aliphatic carbocycles. The van der Waals surface area contributed by atoms with Gasteiger partial charge in [-0.2, -0.15) is 0 Å². The summed E-state index contributed by atoms with van der Waals surface area (Å²) in [4.78, 5) is 4.69. The van der Waals surface area contributed by atoms with Crippen molar-refractivity contribution >= 4 is 5.82 Å². The smallest absolute Gasteiger partial charge is 0.126 e. The third-order valence-corrected chi connectivity index (χ3v) is 4.19. The molecule has 0 radical (unpaired) electrons. The van der Waals surface area contributed by atoms with E-state index < -0.39 is 0 Å². The highest BCUT2D eigenvalue weighted by Gasteiger charge is 2.20. The Morgan fingerprint density at radius 3 is 2.45 bits per heavy atom. The highest BCUT2D eigenvalue weighted by atomic mass is 15.0. The van der Waals surface area contributed by atoms with Crippen molar-refractivity contribution in [3.8, 4) is 0 Å². The number of hydrogen-bond donors (Lipinski definition) is 2. The lowest BCUT2D eigenvalue weighted by Gasteiger charge is -2.25. The summed E-state index contributed by atoms with van der Waals surface area (Å²) < 4.78 is 0. The van der Waals surface area contributed by atoms with Crippen molar-refractivity contribution in [1.82, 2.24) is 10.3 Å². The highest BCUT2D eigenvalue weighted by Crippen LogP contribution is 2.21. The van der Waals surface area contributed by atoms with E-state index in [9.17, 15) is 0 Å². The van der Waals surface area contributed by atoms with Gasteiger partial charge in [-0.1, -0.05) is 33.8 Å². The molecule has 0 saturated heterocycles. The maximum Gasteiger partial charge on any atom is 0.126 e. The minimum Gasteiger partial charge on any atom is -0.370 e. The Balaban J connectivity index is 1.86. The lowest BCUT2D eigenvalue weighted by atomic mass is 9.85. The lowest BCUT2D eigenvalue weighted by Crippen LogP contribution is -2.25. The van der Waals surface area contributed by atoms with Crippen LogP contribution in [0.3, 0.4) is 0 Å². The van der Waals surface area contributed by atoms with E-state index in [1.54, 1.807) is 0 Å². The van der Waals surface area contributed by atoms with Crippen LogP contribution >= 0.6 is 0 Å². The molecule has 1 aromatic heterocycles. The van der Waals surface area contributed by atoms with Crippen molar-refractivity contribution < 1.29 is 0 Å². The molecule has 1 fully saturated rings. The van der Waals surface area contributed by atoms with Gasteiger partial charge < -0.3 is 10.6 Å². The number of nitrogens with zero attached hydrogens (tertiary/aromatic N) is 1. The molecule has 3 heteroatoms. The van der Waals surface area contributed by atoms with Crippen molar-refractivity contribution in [2.45, 2.75) is 53.1 Å². The summed E-state index contributed by atoms with van der Waals surface area (Å²) in [5.41, 5.74) is 1.13. The van der Waals surface area contributed by atoms with Gasteiger partial charge in [-0.25, -0.2) is 4.98 Å². The third kappa shape index (κ3) is 4.78. The minimum absolute atomic E-state index is 0.685. The number of anilines is 1. The average Bonchev–Trinajstić information content (AvgIpc) is 3.20. The molecule has 2 N–H and O–H groups in total. The topological polar surface area (TPSA) is 37.0 Å². The van der Waals surface area contributed by atoms with Crippen molar-refractivity contribution in [1.29, 1.82) is 0 Å². The number of rotatable bonds is 8. The fraction of sp³-hybridized carbons (Fsp3) is 0.706. The highest BCUT2D eigenvalue weighted by molar-refractivity contribution is 5.35. The Kier molecular flexibility index (Phi) is 5.41. The zero-order valence-corrected chi connectivity index (χ0v) is 13.3. The van der Waals surface area contributed by atoms with Crippen LogP contribution in [0.1, 0.15) is 46.2 Å². The molecule has 1 saturated carbocycles. The van der Waals surface area contributed by atoms with Gasteiger partial charge in [0, 0.05) is 19.1 Å². The molecule has 1 heterocycles. The number of aromatic nitrogens is 1. The van der Waals surface area contributed by atoms with E-state index in [-0.39, 0.29) is 0 Å². The van der Waals surface area contributed by atoms with Gasteiger partial charge in [0.15, 0.2) is 0 Å². The summed E-state index contributed by atoms with van der Waals surface area (Å²) in [5.74, 6) is 3.08. The predicted molar refractivity (Wildman–Crippen MR) is 85.8 cm³/mol. The summed E-state index contributed by atoms with van der Waals surface area (Å²) >= 11 is 0. The third-order valence-electron chi connectivity index (χ3n) is 4.19.